The van der Waals surface area contributed by atoms with Crippen LogP contribution in [0.5, 0.6) is 0 Å². The Balaban J connectivity index is 3.06. The quantitative estimate of drug-likeness (QED) is 0.827. The number of aryl methyl sites for hydroxylation is 1. The molecule has 4 nitrogen and oxygen atoms in total. The highest BCUT2D eigenvalue weighted by Crippen LogP contribution is 2.28. The van der Waals surface area contributed by atoms with Gasteiger partial charge in [-0.25, -0.2) is 13.1 Å². The van der Waals surface area contributed by atoms with Gasteiger partial charge in [-0.15, -0.1) is 0 Å². The van der Waals surface area contributed by atoms with Crippen LogP contribution in [0, 0.1) is 18.3 Å². The molecule has 0 saturated heterocycles. The number of nitrogens with one attached hydrogen (secondary N) is 1. The fourth-order valence-electron chi connectivity index (χ4n) is 1.71. The molecule has 0 amide bonds. The van der Waals surface area contributed by atoms with E-state index in [0.717, 1.165) is 5.56 Å². The van der Waals surface area contributed by atoms with E-state index in [-0.39, 0.29) is 22.8 Å². The summed E-state index contributed by atoms with van der Waals surface area (Å²) in [6, 6.07) is 3.27. The molecule has 0 bridgehead atoms. The van der Waals surface area contributed by atoms with Gasteiger partial charge in [0, 0.05) is 11.0 Å². The third kappa shape index (κ3) is 4.77. The van der Waals surface area contributed by atoms with Crippen LogP contribution in [0.25, 0.3) is 0 Å². The smallest absolute Gasteiger partial charge is 0.241 e. The van der Waals surface area contributed by atoms with Crippen LogP contribution in [0.2, 0.25) is 0 Å². The predicted molar refractivity (Wildman–Crippen MR) is 88.6 cm³/mol. The molecule has 6 heteroatoms. The maximum Gasteiger partial charge on any atom is 0.241 e. The molecule has 1 rings (SSSR count). The predicted octanol–water partition coefficient (Wildman–Crippen LogP) is 3.21. The highest BCUT2D eigenvalue weighted by molar-refractivity contribution is 9.10. The van der Waals surface area contributed by atoms with Crippen molar-refractivity contribution in [2.75, 3.05) is 6.54 Å². The standard InChI is InChI=1S/C15H24BrNO3S/c1-10-6-12(9-18)7-13(14(10)16)21(19,20)17-8-11(2)15(3,4)5/h6-7,11,17-18H,8-9H2,1-5H3. The van der Waals surface area contributed by atoms with Crippen LogP contribution in [0.4, 0.5) is 0 Å². The van der Waals surface area contributed by atoms with Crippen LogP contribution in [0.15, 0.2) is 21.5 Å². The topological polar surface area (TPSA) is 66.4 Å². The molecule has 0 heterocycles. The van der Waals surface area contributed by atoms with Crippen molar-refractivity contribution in [2.45, 2.75) is 46.1 Å². The van der Waals surface area contributed by atoms with Gasteiger partial charge < -0.3 is 5.11 Å². The lowest BCUT2D eigenvalue weighted by Gasteiger charge is -2.27. The monoisotopic (exact) mass is 377 g/mol. The third-order valence-corrected chi connectivity index (χ3v) is 6.57. The maximum absolute atomic E-state index is 12.5. The zero-order valence-electron chi connectivity index (χ0n) is 13.2. The molecule has 1 aromatic rings. The average Bonchev–Trinajstić information content (AvgIpc) is 2.37. The van der Waals surface area contributed by atoms with Crippen molar-refractivity contribution < 1.29 is 13.5 Å². The van der Waals surface area contributed by atoms with Gasteiger partial charge in [0.05, 0.1) is 11.5 Å². The Hall–Kier alpha value is -0.430. The van der Waals surface area contributed by atoms with Crippen molar-refractivity contribution in [3.05, 3.63) is 27.7 Å². The van der Waals surface area contributed by atoms with E-state index < -0.39 is 10.0 Å². The molecule has 1 atom stereocenters. The molecule has 0 aliphatic carbocycles. The molecule has 1 unspecified atom stereocenters. The molecule has 0 aromatic heterocycles. The number of aliphatic hydroxyl groups excluding tert-OH is 1. The molecule has 0 aliphatic rings. The minimum atomic E-state index is -3.61. The Morgan fingerprint density at radius 1 is 1.33 bits per heavy atom. The summed E-state index contributed by atoms with van der Waals surface area (Å²) in [5, 5.41) is 9.24. The van der Waals surface area contributed by atoms with E-state index in [2.05, 4.69) is 41.4 Å². The molecular formula is C15H24BrNO3S. The van der Waals surface area contributed by atoms with Gasteiger partial charge in [-0.1, -0.05) is 33.8 Å². The van der Waals surface area contributed by atoms with Crippen molar-refractivity contribution in [1.82, 2.24) is 4.72 Å². The molecule has 21 heavy (non-hydrogen) atoms. The molecule has 2 N–H and O–H groups in total. The number of aliphatic hydroxyl groups is 1. The second-order valence-corrected chi connectivity index (χ2v) is 9.03. The largest absolute Gasteiger partial charge is 0.392 e. The van der Waals surface area contributed by atoms with Crippen LogP contribution in [-0.2, 0) is 16.6 Å². The van der Waals surface area contributed by atoms with Gasteiger partial charge in [0.15, 0.2) is 0 Å². The number of halogens is 1. The molecule has 0 aliphatic heterocycles. The van der Waals surface area contributed by atoms with Crippen molar-refractivity contribution >= 4 is 26.0 Å². The maximum atomic E-state index is 12.5. The van der Waals surface area contributed by atoms with Gasteiger partial charge in [0.25, 0.3) is 0 Å². The summed E-state index contributed by atoms with van der Waals surface area (Å²) >= 11 is 3.33. The first-order valence-corrected chi connectivity index (χ1v) is 9.16. The fraction of sp³-hybridized carbons (Fsp3) is 0.600. The van der Waals surface area contributed by atoms with Gasteiger partial charge in [-0.05, 0) is 51.4 Å². The van der Waals surface area contributed by atoms with E-state index in [0.29, 0.717) is 16.6 Å². The Labute approximate surface area is 136 Å². The highest BCUT2D eigenvalue weighted by Gasteiger charge is 2.24. The minimum absolute atomic E-state index is 0.0304. The summed E-state index contributed by atoms with van der Waals surface area (Å²) in [5.74, 6) is 0.202. The van der Waals surface area contributed by atoms with Crippen LogP contribution >= 0.6 is 15.9 Å². The fourth-order valence-corrected chi connectivity index (χ4v) is 3.91. The van der Waals surface area contributed by atoms with Gasteiger partial charge >= 0.3 is 0 Å². The summed E-state index contributed by atoms with van der Waals surface area (Å²) < 4.78 is 28.2. The highest BCUT2D eigenvalue weighted by atomic mass is 79.9. The lowest BCUT2D eigenvalue weighted by molar-refractivity contribution is 0.263. The number of benzene rings is 1. The van der Waals surface area contributed by atoms with E-state index in [4.69, 9.17) is 0 Å². The molecule has 0 spiro atoms. The average molecular weight is 378 g/mol. The Morgan fingerprint density at radius 2 is 1.90 bits per heavy atom. The molecule has 0 radical (unpaired) electrons. The molecular weight excluding hydrogens is 354 g/mol. The first kappa shape index (κ1) is 18.6. The minimum Gasteiger partial charge on any atom is -0.392 e. The van der Waals surface area contributed by atoms with Gasteiger partial charge in [-0.3, -0.25) is 0 Å². The number of sulfonamides is 1. The summed E-state index contributed by atoms with van der Waals surface area (Å²) in [5.41, 5.74) is 1.40. The first-order valence-electron chi connectivity index (χ1n) is 6.88. The first-order chi connectivity index (χ1) is 9.49. The lowest BCUT2D eigenvalue weighted by Crippen LogP contribution is -2.34. The number of hydrogen-bond donors (Lipinski definition) is 2. The second kappa shape index (κ2) is 6.77. The molecule has 120 valence electrons. The molecule has 0 saturated carbocycles. The zero-order chi connectivity index (χ0) is 16.4. The summed E-state index contributed by atoms with van der Waals surface area (Å²) in [6.45, 7) is 10.3. The van der Waals surface area contributed by atoms with E-state index in [9.17, 15) is 13.5 Å². The number of hydrogen-bond acceptors (Lipinski definition) is 3. The second-order valence-electron chi connectivity index (χ2n) is 6.50. The van der Waals surface area contributed by atoms with Gasteiger partial charge in [-0.2, -0.15) is 0 Å². The number of rotatable bonds is 5. The third-order valence-electron chi connectivity index (χ3n) is 3.81. The van der Waals surface area contributed by atoms with Crippen LogP contribution < -0.4 is 4.72 Å². The van der Waals surface area contributed by atoms with E-state index in [1.54, 1.807) is 13.0 Å². The van der Waals surface area contributed by atoms with Gasteiger partial charge in [0.1, 0.15) is 0 Å². The Kier molecular flexibility index (Phi) is 6.00. The van der Waals surface area contributed by atoms with Crippen molar-refractivity contribution in [3.8, 4) is 0 Å². The van der Waals surface area contributed by atoms with Crippen molar-refractivity contribution in [3.63, 3.8) is 0 Å². The van der Waals surface area contributed by atoms with Crippen molar-refractivity contribution in [1.29, 1.82) is 0 Å². The lowest BCUT2D eigenvalue weighted by atomic mass is 9.82. The van der Waals surface area contributed by atoms with Gasteiger partial charge in [0.2, 0.25) is 10.0 Å². The van der Waals surface area contributed by atoms with Crippen LogP contribution in [0.1, 0.15) is 38.8 Å². The Bertz CT molecular complexity index is 606. The van der Waals surface area contributed by atoms with Crippen LogP contribution in [-0.4, -0.2) is 20.1 Å². The normalized spacial score (nSPS) is 14.2. The molecule has 0 fully saturated rings. The zero-order valence-corrected chi connectivity index (χ0v) is 15.6. The Morgan fingerprint density at radius 3 is 2.38 bits per heavy atom. The van der Waals surface area contributed by atoms with E-state index in [1.165, 1.54) is 6.07 Å². The summed E-state index contributed by atoms with van der Waals surface area (Å²) in [7, 11) is -3.61. The van der Waals surface area contributed by atoms with Crippen molar-refractivity contribution in [2.24, 2.45) is 11.3 Å². The summed E-state index contributed by atoms with van der Waals surface area (Å²) in [4.78, 5) is 0.174. The van der Waals surface area contributed by atoms with E-state index >= 15 is 0 Å². The SMILES string of the molecule is Cc1cc(CO)cc(S(=O)(=O)NCC(C)C(C)(C)C)c1Br. The summed E-state index contributed by atoms with van der Waals surface area (Å²) in [6.07, 6.45) is 0. The molecule has 1 aromatic carbocycles. The van der Waals surface area contributed by atoms with E-state index in [1.807, 2.05) is 6.92 Å². The van der Waals surface area contributed by atoms with Crippen LogP contribution in [0.3, 0.4) is 0 Å².